The summed E-state index contributed by atoms with van der Waals surface area (Å²) in [6.07, 6.45) is 1.95. The molecule has 7 nitrogen and oxygen atoms in total. The first-order valence-electron chi connectivity index (χ1n) is 9.89. The number of hydrogen-bond acceptors (Lipinski definition) is 5. The standard InChI is InChI=1S/C23H24N6OS/c1-16-10-12-17(13-11-16)21-19(14-27(2)26-21)22-24-25-23(29(22)4)31-15-20(30)28(3)18-8-6-5-7-9-18/h5-14H,15H2,1-4H3. The molecule has 0 unspecified atom stereocenters. The van der Waals surface area contributed by atoms with Crippen LogP contribution >= 0.6 is 11.8 Å². The van der Waals surface area contributed by atoms with Gasteiger partial charge in [0.05, 0.1) is 11.3 Å². The fraction of sp³-hybridized carbons (Fsp3) is 0.217. The average molecular weight is 433 g/mol. The summed E-state index contributed by atoms with van der Waals surface area (Å²) in [6.45, 7) is 2.06. The molecule has 2 aromatic carbocycles. The van der Waals surface area contributed by atoms with E-state index in [2.05, 4.69) is 46.5 Å². The highest BCUT2D eigenvalue weighted by Crippen LogP contribution is 2.31. The fourth-order valence-corrected chi connectivity index (χ4v) is 4.10. The molecule has 2 heterocycles. The molecule has 0 saturated heterocycles. The number of rotatable bonds is 6. The van der Waals surface area contributed by atoms with Crippen molar-refractivity contribution < 1.29 is 4.79 Å². The Morgan fingerprint density at radius 1 is 1.03 bits per heavy atom. The first-order chi connectivity index (χ1) is 14.9. The van der Waals surface area contributed by atoms with E-state index in [1.54, 1.807) is 16.6 Å². The summed E-state index contributed by atoms with van der Waals surface area (Å²) in [6, 6.07) is 17.9. The van der Waals surface area contributed by atoms with Gasteiger partial charge in [0, 0.05) is 38.6 Å². The van der Waals surface area contributed by atoms with Gasteiger partial charge < -0.3 is 9.47 Å². The van der Waals surface area contributed by atoms with Crippen molar-refractivity contribution in [1.82, 2.24) is 24.5 Å². The second-order valence-corrected chi connectivity index (χ2v) is 8.32. The highest BCUT2D eigenvalue weighted by Gasteiger charge is 2.20. The third kappa shape index (κ3) is 4.39. The Balaban J connectivity index is 1.54. The molecule has 2 aromatic heterocycles. The Morgan fingerprint density at radius 2 is 1.74 bits per heavy atom. The molecule has 0 saturated carbocycles. The van der Waals surface area contributed by atoms with Gasteiger partial charge >= 0.3 is 0 Å². The van der Waals surface area contributed by atoms with Gasteiger partial charge in [0.2, 0.25) is 5.91 Å². The minimum absolute atomic E-state index is 0.00229. The van der Waals surface area contributed by atoms with Crippen molar-refractivity contribution in [3.63, 3.8) is 0 Å². The van der Waals surface area contributed by atoms with E-state index < -0.39 is 0 Å². The van der Waals surface area contributed by atoms with Gasteiger partial charge in [0.25, 0.3) is 0 Å². The maximum absolute atomic E-state index is 12.6. The summed E-state index contributed by atoms with van der Waals surface area (Å²) in [4.78, 5) is 14.3. The minimum atomic E-state index is 0.00229. The Kier molecular flexibility index (Phi) is 5.90. The number of hydrogen-bond donors (Lipinski definition) is 0. The largest absolute Gasteiger partial charge is 0.315 e. The van der Waals surface area contributed by atoms with Gasteiger partial charge in [0.1, 0.15) is 5.69 Å². The van der Waals surface area contributed by atoms with Crippen LogP contribution in [0.15, 0.2) is 66.0 Å². The van der Waals surface area contributed by atoms with Crippen LogP contribution in [0.4, 0.5) is 5.69 Å². The van der Waals surface area contributed by atoms with Crippen molar-refractivity contribution in [3.8, 4) is 22.6 Å². The molecule has 4 aromatic rings. The lowest BCUT2D eigenvalue weighted by Gasteiger charge is -2.16. The van der Waals surface area contributed by atoms with E-state index in [1.165, 1.54) is 17.3 Å². The van der Waals surface area contributed by atoms with Gasteiger partial charge in [-0.15, -0.1) is 10.2 Å². The van der Waals surface area contributed by atoms with Gasteiger partial charge in [-0.1, -0.05) is 59.8 Å². The summed E-state index contributed by atoms with van der Waals surface area (Å²) in [5, 5.41) is 14.0. The first-order valence-corrected chi connectivity index (χ1v) is 10.9. The number of nitrogens with zero attached hydrogens (tertiary/aromatic N) is 6. The van der Waals surface area contributed by atoms with Crippen LogP contribution in [0.3, 0.4) is 0 Å². The molecule has 0 N–H and O–H groups in total. The molecule has 158 valence electrons. The molecule has 1 amide bonds. The molecule has 0 aliphatic rings. The third-order valence-corrected chi connectivity index (χ3v) is 6.08. The van der Waals surface area contributed by atoms with Crippen LogP contribution in [0, 0.1) is 6.92 Å². The molecule has 0 aliphatic carbocycles. The van der Waals surface area contributed by atoms with E-state index in [0.29, 0.717) is 5.16 Å². The predicted molar refractivity (Wildman–Crippen MR) is 124 cm³/mol. The zero-order valence-corrected chi connectivity index (χ0v) is 18.8. The van der Waals surface area contributed by atoms with Crippen LogP contribution in [-0.4, -0.2) is 43.3 Å². The number of carbonyl (C=O) groups excluding carboxylic acids is 1. The van der Waals surface area contributed by atoms with Crippen LogP contribution in [0.5, 0.6) is 0 Å². The molecular weight excluding hydrogens is 408 g/mol. The Bertz CT molecular complexity index is 1200. The number of aromatic nitrogens is 5. The van der Waals surface area contributed by atoms with E-state index in [4.69, 9.17) is 0 Å². The zero-order chi connectivity index (χ0) is 22.0. The highest BCUT2D eigenvalue weighted by molar-refractivity contribution is 7.99. The summed E-state index contributed by atoms with van der Waals surface area (Å²) >= 11 is 1.38. The van der Waals surface area contributed by atoms with E-state index in [-0.39, 0.29) is 11.7 Å². The molecule has 4 rings (SSSR count). The first kappa shape index (κ1) is 20.9. The molecule has 0 aliphatic heterocycles. The van der Waals surface area contributed by atoms with Crippen molar-refractivity contribution in [2.75, 3.05) is 17.7 Å². The van der Waals surface area contributed by atoms with Crippen LogP contribution < -0.4 is 4.90 Å². The van der Waals surface area contributed by atoms with Crippen molar-refractivity contribution in [3.05, 3.63) is 66.4 Å². The maximum Gasteiger partial charge on any atom is 0.237 e. The quantitative estimate of drug-likeness (QED) is 0.432. The predicted octanol–water partition coefficient (Wildman–Crippen LogP) is 3.95. The van der Waals surface area contributed by atoms with E-state index in [0.717, 1.165) is 28.3 Å². The molecule has 31 heavy (non-hydrogen) atoms. The number of carbonyl (C=O) groups is 1. The molecule has 0 spiro atoms. The number of anilines is 1. The molecule has 0 atom stereocenters. The van der Waals surface area contributed by atoms with Gasteiger partial charge in [-0.05, 0) is 19.1 Å². The monoisotopic (exact) mass is 432 g/mol. The lowest BCUT2D eigenvalue weighted by molar-refractivity contribution is -0.115. The molecule has 8 heteroatoms. The van der Waals surface area contributed by atoms with Crippen molar-refractivity contribution in [2.24, 2.45) is 14.1 Å². The second-order valence-electron chi connectivity index (χ2n) is 7.37. The molecular formula is C23H24N6OS. The zero-order valence-electron chi connectivity index (χ0n) is 18.0. The summed E-state index contributed by atoms with van der Waals surface area (Å²) in [5.41, 5.74) is 4.85. The van der Waals surface area contributed by atoms with Crippen LogP contribution in [0.25, 0.3) is 22.6 Å². The number of aryl methyl sites for hydroxylation is 2. The van der Waals surface area contributed by atoms with Crippen molar-refractivity contribution >= 4 is 23.4 Å². The lowest BCUT2D eigenvalue weighted by atomic mass is 10.1. The molecule has 0 radical (unpaired) electrons. The normalized spacial score (nSPS) is 11.0. The number of para-hydroxylation sites is 1. The average Bonchev–Trinajstić information content (AvgIpc) is 3.34. The van der Waals surface area contributed by atoms with Gasteiger partial charge in [-0.2, -0.15) is 5.10 Å². The fourth-order valence-electron chi connectivity index (χ4n) is 3.27. The van der Waals surface area contributed by atoms with Crippen LogP contribution in [0.2, 0.25) is 0 Å². The minimum Gasteiger partial charge on any atom is -0.315 e. The molecule has 0 fully saturated rings. The highest BCUT2D eigenvalue weighted by atomic mass is 32.2. The van der Waals surface area contributed by atoms with Crippen LogP contribution in [-0.2, 0) is 18.9 Å². The smallest absolute Gasteiger partial charge is 0.237 e. The van der Waals surface area contributed by atoms with Crippen LogP contribution in [0.1, 0.15) is 5.56 Å². The summed E-state index contributed by atoms with van der Waals surface area (Å²) in [7, 11) is 5.59. The Morgan fingerprint density at radius 3 is 2.45 bits per heavy atom. The van der Waals surface area contributed by atoms with Crippen molar-refractivity contribution in [2.45, 2.75) is 12.1 Å². The van der Waals surface area contributed by atoms with Gasteiger partial charge in [-0.25, -0.2) is 0 Å². The lowest BCUT2D eigenvalue weighted by Crippen LogP contribution is -2.27. The maximum atomic E-state index is 12.6. The summed E-state index contributed by atoms with van der Waals surface area (Å²) < 4.78 is 3.69. The number of thioether (sulfide) groups is 1. The Labute approximate surface area is 185 Å². The third-order valence-electron chi connectivity index (χ3n) is 5.07. The van der Waals surface area contributed by atoms with Gasteiger partial charge in [0.15, 0.2) is 11.0 Å². The Hall–Kier alpha value is -3.39. The topological polar surface area (TPSA) is 68.8 Å². The van der Waals surface area contributed by atoms with Gasteiger partial charge in [-0.3, -0.25) is 9.48 Å². The number of benzene rings is 2. The van der Waals surface area contributed by atoms with E-state index in [1.807, 2.05) is 55.2 Å². The molecule has 0 bridgehead atoms. The van der Waals surface area contributed by atoms with E-state index >= 15 is 0 Å². The second kappa shape index (κ2) is 8.77. The van der Waals surface area contributed by atoms with Crippen molar-refractivity contribution in [1.29, 1.82) is 0 Å². The number of amides is 1. The SMILES string of the molecule is Cc1ccc(-c2nn(C)cc2-c2nnc(SCC(=O)N(C)c3ccccc3)n2C)cc1. The summed E-state index contributed by atoms with van der Waals surface area (Å²) in [5.74, 6) is 0.993. The van der Waals surface area contributed by atoms with E-state index in [9.17, 15) is 4.79 Å².